The van der Waals surface area contributed by atoms with Gasteiger partial charge < -0.3 is 14.1 Å². The van der Waals surface area contributed by atoms with Gasteiger partial charge in [0.25, 0.3) is 0 Å². The van der Waals surface area contributed by atoms with E-state index in [0.717, 1.165) is 36.4 Å². The van der Waals surface area contributed by atoms with E-state index in [4.69, 9.17) is 9.15 Å². The van der Waals surface area contributed by atoms with Crippen LogP contribution in [-0.4, -0.2) is 28.9 Å². The number of rotatable bonds is 6. The van der Waals surface area contributed by atoms with Crippen molar-refractivity contribution < 1.29 is 13.9 Å². The summed E-state index contributed by atoms with van der Waals surface area (Å²) in [5.74, 6) is 1.32. The minimum atomic E-state index is 0.0102. The van der Waals surface area contributed by atoms with Crippen molar-refractivity contribution in [2.75, 3.05) is 13.2 Å². The molecule has 2 aromatic carbocycles. The number of benzene rings is 2. The average molecular weight is 390 g/mol. The SMILES string of the molecule is CCc1ccc(-c2nc(COCC(=O)N3CCc4ccccc4C3)c(C)o2)cc1. The Morgan fingerprint density at radius 1 is 1.14 bits per heavy atom. The van der Waals surface area contributed by atoms with Crippen LogP contribution in [0.15, 0.2) is 52.9 Å². The summed E-state index contributed by atoms with van der Waals surface area (Å²) in [4.78, 5) is 18.9. The fourth-order valence-corrected chi connectivity index (χ4v) is 3.60. The molecule has 1 aliphatic rings. The smallest absolute Gasteiger partial charge is 0.248 e. The van der Waals surface area contributed by atoms with E-state index in [0.29, 0.717) is 12.4 Å². The van der Waals surface area contributed by atoms with Crippen molar-refractivity contribution in [2.24, 2.45) is 0 Å². The van der Waals surface area contributed by atoms with Gasteiger partial charge in [0, 0.05) is 18.7 Å². The summed E-state index contributed by atoms with van der Waals surface area (Å²) in [5.41, 5.74) is 5.50. The van der Waals surface area contributed by atoms with Gasteiger partial charge in [-0.05, 0) is 48.6 Å². The van der Waals surface area contributed by atoms with E-state index in [1.165, 1.54) is 16.7 Å². The Labute approximate surface area is 171 Å². The van der Waals surface area contributed by atoms with Crippen LogP contribution in [0.25, 0.3) is 11.5 Å². The second-order valence-electron chi connectivity index (χ2n) is 7.40. The van der Waals surface area contributed by atoms with Crippen molar-refractivity contribution in [3.63, 3.8) is 0 Å². The lowest BCUT2D eigenvalue weighted by atomic mass is 10.00. The molecule has 0 bridgehead atoms. The number of aryl methyl sites for hydroxylation is 2. The number of ether oxygens (including phenoxy) is 1. The van der Waals surface area contributed by atoms with Crippen LogP contribution in [-0.2, 0) is 35.5 Å². The summed E-state index contributed by atoms with van der Waals surface area (Å²) in [5, 5.41) is 0. The molecule has 5 nitrogen and oxygen atoms in total. The number of carbonyl (C=O) groups is 1. The largest absolute Gasteiger partial charge is 0.441 e. The zero-order valence-corrected chi connectivity index (χ0v) is 17.0. The Balaban J connectivity index is 1.32. The van der Waals surface area contributed by atoms with E-state index < -0.39 is 0 Å². The maximum Gasteiger partial charge on any atom is 0.248 e. The third-order valence-corrected chi connectivity index (χ3v) is 5.45. The molecule has 0 unspecified atom stereocenters. The number of carbonyl (C=O) groups excluding carboxylic acids is 1. The Morgan fingerprint density at radius 3 is 2.66 bits per heavy atom. The summed E-state index contributed by atoms with van der Waals surface area (Å²) >= 11 is 0. The average Bonchev–Trinajstić information content (AvgIpc) is 3.14. The summed E-state index contributed by atoms with van der Waals surface area (Å²) in [6, 6.07) is 16.5. The topological polar surface area (TPSA) is 55.6 Å². The number of fused-ring (bicyclic) bond motifs is 1. The van der Waals surface area contributed by atoms with Crippen LogP contribution >= 0.6 is 0 Å². The number of amides is 1. The lowest BCUT2D eigenvalue weighted by Gasteiger charge is -2.28. The highest BCUT2D eigenvalue weighted by atomic mass is 16.5. The number of oxazole rings is 1. The second kappa shape index (κ2) is 8.62. The van der Waals surface area contributed by atoms with Crippen molar-refractivity contribution in [2.45, 2.75) is 39.8 Å². The van der Waals surface area contributed by atoms with Crippen LogP contribution in [0.5, 0.6) is 0 Å². The molecule has 2 heterocycles. The van der Waals surface area contributed by atoms with Crippen molar-refractivity contribution in [3.8, 4) is 11.5 Å². The zero-order chi connectivity index (χ0) is 20.2. The van der Waals surface area contributed by atoms with Gasteiger partial charge in [0.2, 0.25) is 11.8 Å². The predicted molar refractivity (Wildman–Crippen MR) is 111 cm³/mol. The van der Waals surface area contributed by atoms with E-state index in [1.54, 1.807) is 0 Å². The van der Waals surface area contributed by atoms with E-state index in [2.05, 4.69) is 36.2 Å². The minimum Gasteiger partial charge on any atom is -0.441 e. The first kappa shape index (κ1) is 19.4. The molecule has 0 spiro atoms. The molecule has 0 fully saturated rings. The van der Waals surface area contributed by atoms with Crippen LogP contribution in [0.4, 0.5) is 0 Å². The first-order valence-corrected chi connectivity index (χ1v) is 10.1. The molecule has 0 saturated heterocycles. The van der Waals surface area contributed by atoms with Crippen LogP contribution in [0, 0.1) is 6.92 Å². The molecule has 1 aliphatic heterocycles. The molecule has 0 N–H and O–H groups in total. The highest BCUT2D eigenvalue weighted by Gasteiger charge is 2.20. The molecule has 4 rings (SSSR count). The summed E-state index contributed by atoms with van der Waals surface area (Å²) in [7, 11) is 0. The number of hydrogen-bond acceptors (Lipinski definition) is 4. The van der Waals surface area contributed by atoms with Gasteiger partial charge in [0.15, 0.2) is 0 Å². The fourth-order valence-electron chi connectivity index (χ4n) is 3.60. The van der Waals surface area contributed by atoms with Gasteiger partial charge in [0.1, 0.15) is 18.1 Å². The molecule has 150 valence electrons. The van der Waals surface area contributed by atoms with E-state index >= 15 is 0 Å². The van der Waals surface area contributed by atoms with Gasteiger partial charge >= 0.3 is 0 Å². The van der Waals surface area contributed by atoms with Crippen molar-refractivity contribution in [3.05, 3.63) is 76.7 Å². The monoisotopic (exact) mass is 390 g/mol. The molecule has 3 aromatic rings. The Hall–Kier alpha value is -2.92. The minimum absolute atomic E-state index is 0.0102. The van der Waals surface area contributed by atoms with E-state index in [1.807, 2.05) is 36.1 Å². The normalized spacial score (nSPS) is 13.4. The summed E-state index contributed by atoms with van der Waals surface area (Å²) in [6.07, 6.45) is 1.89. The van der Waals surface area contributed by atoms with E-state index in [-0.39, 0.29) is 19.1 Å². The van der Waals surface area contributed by atoms with Crippen LogP contribution in [0.1, 0.15) is 35.1 Å². The predicted octanol–water partition coefficient (Wildman–Crippen LogP) is 4.31. The standard InChI is InChI=1S/C24H26N2O3/c1-3-18-8-10-20(11-9-18)24-25-22(17(2)29-24)15-28-16-23(27)26-13-12-19-6-4-5-7-21(19)14-26/h4-11H,3,12-16H2,1-2H3. The first-order chi connectivity index (χ1) is 14.1. The lowest BCUT2D eigenvalue weighted by Crippen LogP contribution is -2.38. The Morgan fingerprint density at radius 2 is 1.90 bits per heavy atom. The van der Waals surface area contributed by atoms with Gasteiger partial charge in [0.05, 0.1) is 6.61 Å². The molecule has 5 heteroatoms. The zero-order valence-electron chi connectivity index (χ0n) is 17.0. The summed E-state index contributed by atoms with van der Waals surface area (Å²) in [6.45, 7) is 5.70. The van der Waals surface area contributed by atoms with Gasteiger partial charge in [-0.2, -0.15) is 0 Å². The molecule has 1 aromatic heterocycles. The van der Waals surface area contributed by atoms with Crippen molar-refractivity contribution in [1.29, 1.82) is 0 Å². The van der Waals surface area contributed by atoms with Gasteiger partial charge in [-0.25, -0.2) is 4.98 Å². The van der Waals surface area contributed by atoms with Crippen LogP contribution in [0.3, 0.4) is 0 Å². The van der Waals surface area contributed by atoms with Crippen molar-refractivity contribution in [1.82, 2.24) is 9.88 Å². The fraction of sp³-hybridized carbons (Fsp3) is 0.333. The molecule has 0 radical (unpaired) electrons. The highest BCUT2D eigenvalue weighted by Crippen LogP contribution is 2.23. The third kappa shape index (κ3) is 4.40. The quantitative estimate of drug-likeness (QED) is 0.629. The highest BCUT2D eigenvalue weighted by molar-refractivity contribution is 5.77. The van der Waals surface area contributed by atoms with Crippen molar-refractivity contribution >= 4 is 5.91 Å². The van der Waals surface area contributed by atoms with Crippen LogP contribution < -0.4 is 0 Å². The molecule has 0 saturated carbocycles. The third-order valence-electron chi connectivity index (χ3n) is 5.45. The van der Waals surface area contributed by atoms with Crippen LogP contribution in [0.2, 0.25) is 0 Å². The number of hydrogen-bond donors (Lipinski definition) is 0. The number of aromatic nitrogens is 1. The number of nitrogens with zero attached hydrogens (tertiary/aromatic N) is 2. The molecular formula is C24H26N2O3. The first-order valence-electron chi connectivity index (χ1n) is 10.1. The maximum atomic E-state index is 12.5. The molecule has 0 aliphatic carbocycles. The lowest BCUT2D eigenvalue weighted by molar-refractivity contribution is -0.137. The molecule has 29 heavy (non-hydrogen) atoms. The molecule has 0 atom stereocenters. The van der Waals surface area contributed by atoms with E-state index in [9.17, 15) is 4.79 Å². The van der Waals surface area contributed by atoms with Gasteiger partial charge in [-0.3, -0.25) is 4.79 Å². The Bertz CT molecular complexity index is 992. The molecular weight excluding hydrogens is 364 g/mol. The van der Waals surface area contributed by atoms with Gasteiger partial charge in [-0.15, -0.1) is 0 Å². The summed E-state index contributed by atoms with van der Waals surface area (Å²) < 4.78 is 11.5. The molecule has 1 amide bonds. The second-order valence-corrected chi connectivity index (χ2v) is 7.40. The maximum absolute atomic E-state index is 12.5. The Kier molecular flexibility index (Phi) is 5.76. The van der Waals surface area contributed by atoms with Gasteiger partial charge in [-0.1, -0.05) is 43.3 Å².